The summed E-state index contributed by atoms with van der Waals surface area (Å²) in [5, 5.41) is 13.4. The van der Waals surface area contributed by atoms with Crippen LogP contribution in [0.1, 0.15) is 33.1 Å². The van der Waals surface area contributed by atoms with E-state index in [4.69, 9.17) is 23.2 Å². The Morgan fingerprint density at radius 3 is 2.72 bits per heavy atom. The van der Waals surface area contributed by atoms with Gasteiger partial charge in [0.05, 0.1) is 18.7 Å². The second-order valence-corrected chi connectivity index (χ2v) is 8.91. The zero-order valence-electron chi connectivity index (χ0n) is 12.7. The molecule has 0 fully saturated rings. The van der Waals surface area contributed by atoms with Gasteiger partial charge in [-0.3, -0.25) is 4.79 Å². The Morgan fingerprint density at radius 1 is 1.40 bits per heavy atom. The first kappa shape index (κ1) is 18.5. The molecule has 0 saturated heterocycles. The predicted molar refractivity (Wildman–Crippen MR) is 103 cm³/mol. The Balaban J connectivity index is 2.31. The smallest absolute Gasteiger partial charge is 0.330 e. The van der Waals surface area contributed by atoms with Gasteiger partial charge in [0, 0.05) is 5.92 Å². The van der Waals surface area contributed by atoms with Crippen molar-refractivity contribution in [3.63, 3.8) is 0 Å². The molecule has 1 aliphatic rings. The van der Waals surface area contributed by atoms with Gasteiger partial charge in [0.2, 0.25) is 0 Å². The van der Waals surface area contributed by atoms with E-state index < -0.39 is 23.3 Å². The molecular formula is C17H12BrCl2NO3S. The highest BCUT2D eigenvalue weighted by molar-refractivity contribution is 9.11. The van der Waals surface area contributed by atoms with Crippen molar-refractivity contribution < 1.29 is 14.7 Å². The number of carboxylic acid groups (broad SMARTS) is 1. The van der Waals surface area contributed by atoms with Crippen molar-refractivity contribution in [1.82, 2.24) is 5.32 Å². The first-order valence-electron chi connectivity index (χ1n) is 7.21. The molecule has 130 valence electrons. The number of hydrogen-bond donors (Lipinski definition) is 2. The molecule has 0 saturated carbocycles. The van der Waals surface area contributed by atoms with Crippen LogP contribution in [0.2, 0.25) is 10.0 Å². The average Bonchev–Trinajstić information content (AvgIpc) is 2.92. The monoisotopic (exact) mass is 459 g/mol. The maximum Gasteiger partial charge on any atom is 0.330 e. The summed E-state index contributed by atoms with van der Waals surface area (Å²) in [5.74, 6) is -2.18. The summed E-state index contributed by atoms with van der Waals surface area (Å²) in [4.78, 5) is 25.2. The molecule has 4 nitrogen and oxygen atoms in total. The summed E-state index contributed by atoms with van der Waals surface area (Å²) < 4.78 is 0.748. The van der Waals surface area contributed by atoms with Crippen LogP contribution >= 0.6 is 50.5 Å². The number of carbonyl (C=O) groups is 2. The van der Waals surface area contributed by atoms with E-state index in [-0.39, 0.29) is 6.42 Å². The number of halogens is 3. The number of carboxylic acids is 1. The van der Waals surface area contributed by atoms with E-state index in [1.165, 1.54) is 17.4 Å². The minimum absolute atomic E-state index is 0.0614. The first-order chi connectivity index (χ1) is 11.8. The SMILES string of the molecule is C=CCC1(C(=O)O)NC(=O)c2sc(Br)cc2C1c1ccc(Cl)c(Cl)c1. The molecule has 0 radical (unpaired) electrons. The number of amides is 1. The highest BCUT2D eigenvalue weighted by Crippen LogP contribution is 2.47. The van der Waals surface area contributed by atoms with Gasteiger partial charge < -0.3 is 10.4 Å². The van der Waals surface area contributed by atoms with Crippen LogP contribution in [-0.4, -0.2) is 22.5 Å². The zero-order valence-corrected chi connectivity index (χ0v) is 16.6. The van der Waals surface area contributed by atoms with Crippen LogP contribution in [0.4, 0.5) is 0 Å². The van der Waals surface area contributed by atoms with Crippen LogP contribution in [-0.2, 0) is 4.79 Å². The van der Waals surface area contributed by atoms with Gasteiger partial charge in [0.15, 0.2) is 5.54 Å². The van der Waals surface area contributed by atoms with Crippen molar-refractivity contribution in [3.8, 4) is 0 Å². The third-order valence-corrected chi connectivity index (χ3v) is 6.59. The molecule has 8 heteroatoms. The van der Waals surface area contributed by atoms with Gasteiger partial charge >= 0.3 is 5.97 Å². The van der Waals surface area contributed by atoms with Crippen LogP contribution in [0.3, 0.4) is 0 Å². The summed E-state index contributed by atoms with van der Waals surface area (Å²) in [6.45, 7) is 3.66. The van der Waals surface area contributed by atoms with E-state index in [1.54, 1.807) is 24.3 Å². The van der Waals surface area contributed by atoms with Crippen LogP contribution in [0.15, 0.2) is 40.7 Å². The fourth-order valence-corrected chi connectivity index (χ4v) is 5.04. The Hall–Kier alpha value is -1.34. The molecule has 0 spiro atoms. The second-order valence-electron chi connectivity index (χ2n) is 5.66. The number of carbonyl (C=O) groups excluding carboxylic acids is 1. The molecule has 0 bridgehead atoms. The van der Waals surface area contributed by atoms with E-state index in [0.717, 1.165) is 3.79 Å². The standard InChI is InChI=1S/C17H12BrCl2NO3S/c1-2-5-17(16(23)24)13(8-3-4-10(19)11(20)6-8)9-7-12(18)25-14(9)15(22)21-17/h2-4,6-7,13H,1,5H2,(H,21,22)(H,23,24). The van der Waals surface area contributed by atoms with Crippen molar-refractivity contribution in [2.24, 2.45) is 0 Å². The highest BCUT2D eigenvalue weighted by Gasteiger charge is 2.52. The lowest BCUT2D eigenvalue weighted by Crippen LogP contribution is -2.61. The van der Waals surface area contributed by atoms with Gasteiger partial charge in [-0.1, -0.05) is 35.3 Å². The van der Waals surface area contributed by atoms with Crippen LogP contribution in [0.5, 0.6) is 0 Å². The number of hydrogen-bond acceptors (Lipinski definition) is 3. The number of nitrogens with one attached hydrogen (secondary N) is 1. The molecule has 1 aromatic carbocycles. The number of thiophene rings is 1. The third kappa shape index (κ3) is 3.01. The molecule has 25 heavy (non-hydrogen) atoms. The molecule has 0 aliphatic carbocycles. The number of rotatable bonds is 4. The summed E-state index contributed by atoms with van der Waals surface area (Å²) in [5.41, 5.74) is -0.253. The summed E-state index contributed by atoms with van der Waals surface area (Å²) in [6, 6.07) is 6.78. The molecule has 1 aromatic heterocycles. The van der Waals surface area contributed by atoms with Crippen molar-refractivity contribution in [2.45, 2.75) is 17.9 Å². The molecule has 3 rings (SSSR count). The van der Waals surface area contributed by atoms with E-state index in [2.05, 4.69) is 27.8 Å². The lowest BCUT2D eigenvalue weighted by molar-refractivity contribution is -0.145. The fourth-order valence-electron chi connectivity index (χ4n) is 3.18. The maximum atomic E-state index is 12.5. The molecule has 2 heterocycles. The van der Waals surface area contributed by atoms with Crippen LogP contribution in [0.25, 0.3) is 0 Å². The quantitative estimate of drug-likeness (QED) is 0.624. The lowest BCUT2D eigenvalue weighted by atomic mass is 9.71. The summed E-state index contributed by atoms with van der Waals surface area (Å²) >= 11 is 16.8. The minimum atomic E-state index is -1.55. The zero-order chi connectivity index (χ0) is 18.4. The van der Waals surface area contributed by atoms with E-state index >= 15 is 0 Å². The molecule has 1 amide bonds. The number of fused-ring (bicyclic) bond motifs is 1. The molecule has 2 unspecified atom stereocenters. The highest BCUT2D eigenvalue weighted by atomic mass is 79.9. The van der Waals surface area contributed by atoms with Gasteiger partial charge in [-0.05, 0) is 51.7 Å². The molecule has 1 aliphatic heterocycles. The molecule has 2 N–H and O–H groups in total. The van der Waals surface area contributed by atoms with Crippen LogP contribution in [0, 0.1) is 0 Å². The number of aliphatic carboxylic acids is 1. The number of benzene rings is 1. The molecular weight excluding hydrogens is 449 g/mol. The minimum Gasteiger partial charge on any atom is -0.479 e. The van der Waals surface area contributed by atoms with E-state index in [1.807, 2.05) is 0 Å². The Morgan fingerprint density at radius 2 is 2.12 bits per heavy atom. The normalized spacial score (nSPS) is 22.2. The predicted octanol–water partition coefficient (Wildman–Crippen LogP) is 5.09. The lowest BCUT2D eigenvalue weighted by Gasteiger charge is -2.41. The largest absolute Gasteiger partial charge is 0.479 e. The Bertz CT molecular complexity index is 898. The van der Waals surface area contributed by atoms with Crippen molar-refractivity contribution >= 4 is 62.3 Å². The van der Waals surface area contributed by atoms with E-state index in [0.29, 0.717) is 26.0 Å². The van der Waals surface area contributed by atoms with Crippen molar-refractivity contribution in [1.29, 1.82) is 0 Å². The second kappa shape index (κ2) is 6.76. The summed E-state index contributed by atoms with van der Waals surface area (Å²) in [6.07, 6.45) is 1.55. The Labute approximate surface area is 166 Å². The third-order valence-electron chi connectivity index (χ3n) is 4.20. The fraction of sp³-hybridized carbons (Fsp3) is 0.176. The first-order valence-corrected chi connectivity index (χ1v) is 9.57. The molecule has 2 atom stereocenters. The van der Waals surface area contributed by atoms with Crippen molar-refractivity contribution in [2.75, 3.05) is 0 Å². The van der Waals surface area contributed by atoms with Crippen LogP contribution < -0.4 is 5.32 Å². The topological polar surface area (TPSA) is 66.4 Å². The van der Waals surface area contributed by atoms with Gasteiger partial charge in [-0.2, -0.15) is 0 Å². The van der Waals surface area contributed by atoms with Gasteiger partial charge in [0.25, 0.3) is 5.91 Å². The van der Waals surface area contributed by atoms with Gasteiger partial charge in [-0.25, -0.2) is 4.79 Å². The van der Waals surface area contributed by atoms with Gasteiger partial charge in [-0.15, -0.1) is 17.9 Å². The summed E-state index contributed by atoms with van der Waals surface area (Å²) in [7, 11) is 0. The van der Waals surface area contributed by atoms with Gasteiger partial charge in [0.1, 0.15) is 0 Å². The van der Waals surface area contributed by atoms with Crippen molar-refractivity contribution in [3.05, 3.63) is 66.8 Å². The molecule has 2 aromatic rings. The Kier molecular flexibility index (Phi) is 4.99. The maximum absolute atomic E-state index is 12.5. The average molecular weight is 461 g/mol. The van der Waals surface area contributed by atoms with E-state index in [9.17, 15) is 14.7 Å².